The number of benzene rings is 1. The van der Waals surface area contributed by atoms with Crippen LogP contribution in [0.1, 0.15) is 75.0 Å². The van der Waals surface area contributed by atoms with Gasteiger partial charge in [0.25, 0.3) is 0 Å². The molecule has 0 bridgehead atoms. The van der Waals surface area contributed by atoms with E-state index in [4.69, 9.17) is 5.11 Å². The molecule has 170 valence electrons. The quantitative estimate of drug-likeness (QED) is 0.391. The first kappa shape index (κ1) is 24.6. The predicted molar refractivity (Wildman–Crippen MR) is 105 cm³/mol. The highest BCUT2D eigenvalue weighted by atomic mass is 19.4. The summed E-state index contributed by atoms with van der Waals surface area (Å²) in [6, 6.07) is 4.62. The second-order valence-corrected chi connectivity index (χ2v) is 8.26. The molecule has 0 aliphatic heterocycles. The van der Waals surface area contributed by atoms with Crippen LogP contribution in [0.5, 0.6) is 0 Å². The van der Waals surface area contributed by atoms with Crippen LogP contribution in [0.15, 0.2) is 24.3 Å². The van der Waals surface area contributed by atoms with E-state index in [1.165, 1.54) is 12.1 Å². The van der Waals surface area contributed by atoms with Crippen molar-refractivity contribution in [1.82, 2.24) is 0 Å². The maximum absolute atomic E-state index is 12.9. The fourth-order valence-electron chi connectivity index (χ4n) is 4.43. The molecule has 0 radical (unpaired) electrons. The zero-order chi connectivity index (χ0) is 22.3. The number of carboxylic acids is 1. The van der Waals surface area contributed by atoms with Gasteiger partial charge < -0.3 is 20.4 Å². The number of hydrogen-bond acceptors (Lipinski definition) is 4. The van der Waals surface area contributed by atoms with E-state index in [1.54, 1.807) is 0 Å². The third-order valence-electron chi connectivity index (χ3n) is 6.07. The van der Waals surface area contributed by atoms with Gasteiger partial charge in [-0.15, -0.1) is 0 Å². The van der Waals surface area contributed by atoms with Crippen LogP contribution in [0.2, 0.25) is 0 Å². The van der Waals surface area contributed by atoms with Crippen LogP contribution in [0.25, 0.3) is 0 Å². The number of carbonyl (C=O) groups is 1. The molecule has 1 fully saturated rings. The number of carboxylic acid groups (broad SMARTS) is 1. The van der Waals surface area contributed by atoms with Crippen molar-refractivity contribution in [2.24, 2.45) is 11.8 Å². The number of aliphatic hydroxyl groups excluding tert-OH is 3. The number of halogens is 3. The van der Waals surface area contributed by atoms with Gasteiger partial charge in [-0.3, -0.25) is 4.79 Å². The molecular formula is C22H31F3O5. The lowest BCUT2D eigenvalue weighted by Crippen LogP contribution is -2.23. The van der Waals surface area contributed by atoms with Crippen LogP contribution in [-0.2, 0) is 11.0 Å². The lowest BCUT2D eigenvalue weighted by molar-refractivity contribution is -0.138. The molecule has 1 aromatic carbocycles. The first-order chi connectivity index (χ1) is 14.1. The summed E-state index contributed by atoms with van der Waals surface area (Å²) < 4.78 is 38.6. The second kappa shape index (κ2) is 11.1. The SMILES string of the molecule is O=C(O)CCCCCC[C@@H]1C(CCC(O)c2cccc(C(F)(F)F)c2)[C@H](O)C[C@@H]1O. The Kier molecular flexibility index (Phi) is 9.12. The van der Waals surface area contributed by atoms with E-state index in [-0.39, 0.29) is 36.7 Å². The van der Waals surface area contributed by atoms with Crippen LogP contribution in [-0.4, -0.2) is 38.6 Å². The number of alkyl halides is 3. The Balaban J connectivity index is 1.86. The molecule has 0 heterocycles. The number of unbranched alkanes of at least 4 members (excludes halogenated alkanes) is 3. The molecule has 4 N–H and O–H groups in total. The highest BCUT2D eigenvalue weighted by Gasteiger charge is 2.41. The van der Waals surface area contributed by atoms with Gasteiger partial charge >= 0.3 is 12.1 Å². The van der Waals surface area contributed by atoms with Gasteiger partial charge in [0.1, 0.15) is 0 Å². The molecule has 0 saturated heterocycles. The molecule has 2 unspecified atom stereocenters. The highest BCUT2D eigenvalue weighted by molar-refractivity contribution is 5.66. The number of aliphatic hydroxyl groups is 3. The Bertz CT molecular complexity index is 679. The molecule has 1 aliphatic carbocycles. The van der Waals surface area contributed by atoms with Crippen molar-refractivity contribution in [2.75, 3.05) is 0 Å². The molecule has 0 spiro atoms. The molecule has 0 aromatic heterocycles. The van der Waals surface area contributed by atoms with Gasteiger partial charge in [0.05, 0.1) is 23.9 Å². The summed E-state index contributed by atoms with van der Waals surface area (Å²) in [4.78, 5) is 10.5. The van der Waals surface area contributed by atoms with Crippen LogP contribution in [0.3, 0.4) is 0 Å². The van der Waals surface area contributed by atoms with Crippen molar-refractivity contribution in [3.05, 3.63) is 35.4 Å². The Hall–Kier alpha value is -1.64. The average Bonchev–Trinajstić information content (AvgIpc) is 2.94. The average molecular weight is 432 g/mol. The largest absolute Gasteiger partial charge is 0.481 e. The second-order valence-electron chi connectivity index (χ2n) is 8.26. The van der Waals surface area contributed by atoms with Gasteiger partial charge in [-0.05, 0) is 61.6 Å². The minimum Gasteiger partial charge on any atom is -0.481 e. The molecule has 1 aliphatic rings. The van der Waals surface area contributed by atoms with E-state index in [2.05, 4.69) is 0 Å². The summed E-state index contributed by atoms with van der Waals surface area (Å²) >= 11 is 0. The Morgan fingerprint density at radius 2 is 1.67 bits per heavy atom. The highest BCUT2D eigenvalue weighted by Crippen LogP contribution is 2.40. The fourth-order valence-corrected chi connectivity index (χ4v) is 4.43. The summed E-state index contributed by atoms with van der Waals surface area (Å²) in [5.41, 5.74) is -0.621. The molecule has 1 saturated carbocycles. The van der Waals surface area contributed by atoms with Crippen molar-refractivity contribution in [3.63, 3.8) is 0 Å². The summed E-state index contributed by atoms with van der Waals surface area (Å²) in [5, 5.41) is 39.6. The van der Waals surface area contributed by atoms with Gasteiger partial charge in [0.2, 0.25) is 0 Å². The predicted octanol–water partition coefficient (Wildman–Crippen LogP) is 4.30. The number of aliphatic carboxylic acids is 1. The number of rotatable bonds is 11. The van der Waals surface area contributed by atoms with E-state index in [1.807, 2.05) is 0 Å². The van der Waals surface area contributed by atoms with E-state index >= 15 is 0 Å². The molecule has 30 heavy (non-hydrogen) atoms. The van der Waals surface area contributed by atoms with Crippen LogP contribution < -0.4 is 0 Å². The third kappa shape index (κ3) is 7.25. The van der Waals surface area contributed by atoms with Gasteiger partial charge in [0, 0.05) is 6.42 Å². The van der Waals surface area contributed by atoms with E-state index in [0.29, 0.717) is 19.3 Å². The zero-order valence-electron chi connectivity index (χ0n) is 16.9. The summed E-state index contributed by atoms with van der Waals surface area (Å²) in [6.07, 6.45) is -2.16. The van der Waals surface area contributed by atoms with Crippen molar-refractivity contribution in [3.8, 4) is 0 Å². The zero-order valence-corrected chi connectivity index (χ0v) is 16.9. The van der Waals surface area contributed by atoms with Crippen LogP contribution >= 0.6 is 0 Å². The fraction of sp³-hybridized carbons (Fsp3) is 0.682. The molecule has 2 rings (SSSR count). The van der Waals surface area contributed by atoms with Gasteiger partial charge in [-0.2, -0.15) is 13.2 Å². The maximum atomic E-state index is 12.9. The molecule has 0 amide bonds. The monoisotopic (exact) mass is 432 g/mol. The lowest BCUT2D eigenvalue weighted by atomic mass is 9.84. The van der Waals surface area contributed by atoms with E-state index in [0.717, 1.165) is 31.4 Å². The Morgan fingerprint density at radius 1 is 1.03 bits per heavy atom. The summed E-state index contributed by atoms with van der Waals surface area (Å²) in [5.74, 6) is -1.17. The smallest absolute Gasteiger partial charge is 0.416 e. The topological polar surface area (TPSA) is 98.0 Å². The summed E-state index contributed by atoms with van der Waals surface area (Å²) in [7, 11) is 0. The van der Waals surface area contributed by atoms with Gasteiger partial charge in [-0.1, -0.05) is 31.4 Å². The molecule has 1 aromatic rings. The van der Waals surface area contributed by atoms with Crippen molar-refractivity contribution in [1.29, 1.82) is 0 Å². The van der Waals surface area contributed by atoms with E-state index in [9.17, 15) is 33.3 Å². The lowest BCUT2D eigenvalue weighted by Gasteiger charge is -2.25. The van der Waals surface area contributed by atoms with Crippen molar-refractivity contribution >= 4 is 5.97 Å². The molecule has 5 nitrogen and oxygen atoms in total. The number of hydrogen-bond donors (Lipinski definition) is 4. The minimum atomic E-state index is -4.48. The minimum absolute atomic E-state index is 0.131. The maximum Gasteiger partial charge on any atom is 0.416 e. The molecule has 8 heteroatoms. The first-order valence-corrected chi connectivity index (χ1v) is 10.5. The van der Waals surface area contributed by atoms with Crippen LogP contribution in [0, 0.1) is 11.8 Å². The summed E-state index contributed by atoms with van der Waals surface area (Å²) in [6.45, 7) is 0. The van der Waals surface area contributed by atoms with Gasteiger partial charge in [-0.25, -0.2) is 0 Å². The Labute approximate surface area is 174 Å². The first-order valence-electron chi connectivity index (χ1n) is 10.5. The Morgan fingerprint density at radius 3 is 2.30 bits per heavy atom. The van der Waals surface area contributed by atoms with Crippen molar-refractivity contribution in [2.45, 2.75) is 82.3 Å². The van der Waals surface area contributed by atoms with Gasteiger partial charge in [0.15, 0.2) is 0 Å². The normalized spacial score (nSPS) is 25.4. The van der Waals surface area contributed by atoms with E-state index < -0.39 is 36.0 Å². The molecular weight excluding hydrogens is 401 g/mol. The standard InChI is InChI=1S/C22H31F3O5/c23-22(24,25)15-7-5-6-14(12-15)18(26)11-10-17-16(19(27)13-20(17)28)8-3-1-2-4-9-21(29)30/h5-7,12,16-20,26-28H,1-4,8-11,13H2,(H,29,30)/t16-,17?,18?,19+,20-/m1/s1. The third-order valence-corrected chi connectivity index (χ3v) is 6.07. The van der Waals surface area contributed by atoms with Crippen molar-refractivity contribution < 1.29 is 38.4 Å². The van der Waals surface area contributed by atoms with Crippen LogP contribution in [0.4, 0.5) is 13.2 Å². The molecule has 5 atom stereocenters.